The maximum absolute atomic E-state index is 10.7. The lowest BCUT2D eigenvalue weighted by Crippen LogP contribution is -1.94. The molecule has 0 saturated carbocycles. The van der Waals surface area contributed by atoms with E-state index in [0.29, 0.717) is 17.0 Å². The molecule has 1 aromatic heterocycles. The molecule has 0 radical (unpaired) electrons. The first-order valence-corrected chi connectivity index (χ1v) is 5.96. The summed E-state index contributed by atoms with van der Waals surface area (Å²) in [6.07, 6.45) is 0. The third kappa shape index (κ3) is 1.87. The highest BCUT2D eigenvalue weighted by atomic mass is 16.6. The first kappa shape index (κ1) is 12.2. The normalized spacial score (nSPS) is 10.8. The minimum atomic E-state index is -0.490. The van der Waals surface area contributed by atoms with Crippen molar-refractivity contribution < 1.29 is 9.34 Å². The Labute approximate surface area is 114 Å². The average molecular weight is 269 g/mol. The molecule has 0 spiro atoms. The molecule has 0 saturated heterocycles. The first-order chi connectivity index (χ1) is 9.56. The van der Waals surface area contributed by atoms with Crippen molar-refractivity contribution in [2.45, 2.75) is 6.92 Å². The number of aryl methyl sites for hydroxylation is 1. The molecule has 0 aliphatic carbocycles. The van der Waals surface area contributed by atoms with Crippen molar-refractivity contribution in [1.29, 1.82) is 0 Å². The number of nitro groups is 1. The van der Waals surface area contributed by atoms with E-state index in [4.69, 9.17) is 10.2 Å². The number of nitro benzene ring substituents is 1. The Hall–Kier alpha value is -2.89. The third-order valence-electron chi connectivity index (χ3n) is 3.09. The number of nitrogen functional groups attached to an aromatic ring is 1. The fourth-order valence-corrected chi connectivity index (χ4v) is 2.06. The van der Waals surface area contributed by atoms with Crippen LogP contribution in [0.2, 0.25) is 0 Å². The molecule has 3 rings (SSSR count). The van der Waals surface area contributed by atoms with Crippen LogP contribution in [0.25, 0.3) is 22.6 Å². The van der Waals surface area contributed by atoms with Crippen LogP contribution in [0.4, 0.5) is 11.4 Å². The van der Waals surface area contributed by atoms with Gasteiger partial charge in [-0.1, -0.05) is 12.1 Å². The molecular formula is C14H11N3O3. The van der Waals surface area contributed by atoms with Gasteiger partial charge in [-0.25, -0.2) is 4.98 Å². The molecule has 100 valence electrons. The second-order valence-corrected chi connectivity index (χ2v) is 4.47. The van der Waals surface area contributed by atoms with Crippen molar-refractivity contribution in [2.75, 3.05) is 5.73 Å². The largest absolute Gasteiger partial charge is 0.436 e. The Kier molecular flexibility index (Phi) is 2.64. The van der Waals surface area contributed by atoms with E-state index in [1.807, 2.05) is 25.1 Å². The third-order valence-corrected chi connectivity index (χ3v) is 3.09. The monoisotopic (exact) mass is 269 g/mol. The lowest BCUT2D eigenvalue weighted by Gasteiger charge is -2.00. The molecule has 0 aliphatic heterocycles. The molecule has 2 N–H and O–H groups in total. The van der Waals surface area contributed by atoms with Gasteiger partial charge in [-0.3, -0.25) is 10.1 Å². The number of fused-ring (bicyclic) bond motifs is 1. The van der Waals surface area contributed by atoms with Crippen LogP contribution in [0, 0.1) is 17.0 Å². The van der Waals surface area contributed by atoms with Crippen molar-refractivity contribution in [1.82, 2.24) is 4.98 Å². The maximum Gasteiger partial charge on any atom is 0.271 e. The van der Waals surface area contributed by atoms with Gasteiger partial charge in [0.15, 0.2) is 5.58 Å². The van der Waals surface area contributed by atoms with E-state index < -0.39 is 4.92 Å². The summed E-state index contributed by atoms with van der Waals surface area (Å²) in [7, 11) is 0. The number of nitrogens with two attached hydrogens (primary N) is 1. The predicted octanol–water partition coefficient (Wildman–Crippen LogP) is 3.29. The van der Waals surface area contributed by atoms with Gasteiger partial charge in [0.05, 0.1) is 16.2 Å². The first-order valence-electron chi connectivity index (χ1n) is 5.96. The number of nitrogens with zero attached hydrogens (tertiary/aromatic N) is 2. The number of oxazole rings is 1. The SMILES string of the molecule is Cc1cccc2nc(-c3ccc([N+](=O)[O-])cc3N)oc12. The number of anilines is 1. The summed E-state index contributed by atoms with van der Waals surface area (Å²) >= 11 is 0. The van der Waals surface area contributed by atoms with E-state index in [1.165, 1.54) is 12.1 Å². The Balaban J connectivity index is 2.16. The van der Waals surface area contributed by atoms with E-state index in [1.54, 1.807) is 6.07 Å². The zero-order chi connectivity index (χ0) is 14.3. The van der Waals surface area contributed by atoms with Gasteiger partial charge in [0.25, 0.3) is 5.69 Å². The van der Waals surface area contributed by atoms with Gasteiger partial charge in [-0.05, 0) is 24.6 Å². The highest BCUT2D eigenvalue weighted by Crippen LogP contribution is 2.31. The molecule has 1 heterocycles. The summed E-state index contributed by atoms with van der Waals surface area (Å²) in [4.78, 5) is 14.6. The Morgan fingerprint density at radius 2 is 2.10 bits per heavy atom. The Morgan fingerprint density at radius 3 is 2.75 bits per heavy atom. The summed E-state index contributed by atoms with van der Waals surface area (Å²) in [6.45, 7) is 1.93. The quantitative estimate of drug-likeness (QED) is 0.437. The lowest BCUT2D eigenvalue weighted by molar-refractivity contribution is -0.384. The van der Waals surface area contributed by atoms with Crippen molar-refractivity contribution in [3.8, 4) is 11.5 Å². The van der Waals surface area contributed by atoms with E-state index >= 15 is 0 Å². The zero-order valence-electron chi connectivity index (χ0n) is 10.7. The van der Waals surface area contributed by atoms with Gasteiger partial charge in [0, 0.05) is 12.1 Å². The highest BCUT2D eigenvalue weighted by molar-refractivity contribution is 5.82. The molecule has 0 unspecified atom stereocenters. The number of rotatable bonds is 2. The molecule has 20 heavy (non-hydrogen) atoms. The van der Waals surface area contributed by atoms with Crippen molar-refractivity contribution in [2.24, 2.45) is 0 Å². The number of benzene rings is 2. The van der Waals surface area contributed by atoms with E-state index in [9.17, 15) is 10.1 Å². The number of non-ortho nitro benzene ring substituents is 1. The van der Waals surface area contributed by atoms with Crippen LogP contribution >= 0.6 is 0 Å². The van der Waals surface area contributed by atoms with E-state index in [0.717, 1.165) is 11.1 Å². The Bertz CT molecular complexity index is 824. The van der Waals surface area contributed by atoms with Gasteiger partial charge in [-0.2, -0.15) is 0 Å². The molecule has 2 aromatic carbocycles. The summed E-state index contributed by atoms with van der Waals surface area (Å²) in [5.41, 5.74) is 9.01. The standard InChI is InChI=1S/C14H11N3O3/c1-8-3-2-4-12-13(8)20-14(16-12)10-6-5-9(17(18)19)7-11(10)15/h2-7H,15H2,1H3. The van der Waals surface area contributed by atoms with Gasteiger partial charge in [0.2, 0.25) is 5.89 Å². The van der Waals surface area contributed by atoms with Crippen LogP contribution in [0.1, 0.15) is 5.56 Å². The smallest absolute Gasteiger partial charge is 0.271 e. The molecule has 6 nitrogen and oxygen atoms in total. The van der Waals surface area contributed by atoms with E-state index in [-0.39, 0.29) is 11.4 Å². The van der Waals surface area contributed by atoms with Crippen molar-refractivity contribution in [3.05, 3.63) is 52.1 Å². The molecule has 6 heteroatoms. The summed E-state index contributed by atoms with van der Waals surface area (Å²) in [6, 6.07) is 9.90. The molecule has 0 atom stereocenters. The Morgan fingerprint density at radius 1 is 1.30 bits per heavy atom. The molecule has 0 aliphatic rings. The topological polar surface area (TPSA) is 95.2 Å². The van der Waals surface area contributed by atoms with Crippen LogP contribution in [-0.2, 0) is 0 Å². The molecule has 0 bridgehead atoms. The number of hydrogen-bond donors (Lipinski definition) is 1. The molecular weight excluding hydrogens is 258 g/mol. The molecule has 0 amide bonds. The number of aromatic nitrogens is 1. The average Bonchev–Trinajstić information content (AvgIpc) is 2.83. The highest BCUT2D eigenvalue weighted by Gasteiger charge is 2.15. The van der Waals surface area contributed by atoms with Crippen LogP contribution in [0.3, 0.4) is 0 Å². The van der Waals surface area contributed by atoms with Gasteiger partial charge in [-0.15, -0.1) is 0 Å². The lowest BCUT2D eigenvalue weighted by atomic mass is 10.1. The number of para-hydroxylation sites is 1. The van der Waals surface area contributed by atoms with Crippen LogP contribution in [0.5, 0.6) is 0 Å². The fraction of sp³-hybridized carbons (Fsp3) is 0.0714. The number of hydrogen-bond acceptors (Lipinski definition) is 5. The predicted molar refractivity (Wildman–Crippen MR) is 75.2 cm³/mol. The minimum Gasteiger partial charge on any atom is -0.436 e. The van der Waals surface area contributed by atoms with Crippen molar-refractivity contribution in [3.63, 3.8) is 0 Å². The summed E-state index contributed by atoms with van der Waals surface area (Å²) in [5, 5.41) is 10.7. The zero-order valence-corrected chi connectivity index (χ0v) is 10.7. The van der Waals surface area contributed by atoms with Gasteiger partial charge in [0.1, 0.15) is 5.52 Å². The minimum absolute atomic E-state index is 0.0569. The second kappa shape index (κ2) is 4.34. The van der Waals surface area contributed by atoms with Crippen LogP contribution < -0.4 is 5.73 Å². The molecule has 3 aromatic rings. The second-order valence-electron chi connectivity index (χ2n) is 4.47. The van der Waals surface area contributed by atoms with Crippen LogP contribution in [-0.4, -0.2) is 9.91 Å². The van der Waals surface area contributed by atoms with Gasteiger partial charge >= 0.3 is 0 Å². The summed E-state index contributed by atoms with van der Waals surface area (Å²) in [5.74, 6) is 0.363. The molecule has 0 fully saturated rings. The van der Waals surface area contributed by atoms with Gasteiger partial charge < -0.3 is 10.2 Å². The van der Waals surface area contributed by atoms with E-state index in [2.05, 4.69) is 4.98 Å². The van der Waals surface area contributed by atoms with Crippen molar-refractivity contribution >= 4 is 22.5 Å². The fourth-order valence-electron chi connectivity index (χ4n) is 2.06. The maximum atomic E-state index is 10.7. The van der Waals surface area contributed by atoms with Crippen LogP contribution in [0.15, 0.2) is 40.8 Å². The summed E-state index contributed by atoms with van der Waals surface area (Å²) < 4.78 is 5.71.